The quantitative estimate of drug-likeness (QED) is 0.822. The number of aryl methyl sites for hydroxylation is 1. The molecule has 0 amide bonds. The zero-order valence-corrected chi connectivity index (χ0v) is 14.3. The molecule has 2 aliphatic rings. The van der Waals surface area contributed by atoms with Crippen LogP contribution in [0.15, 0.2) is 30.3 Å². The maximum Gasteiger partial charge on any atom is 0.230 e. The number of hydrogen-bond donors (Lipinski definition) is 0. The highest BCUT2D eigenvalue weighted by Gasteiger charge is 2.37. The van der Waals surface area contributed by atoms with Crippen molar-refractivity contribution in [3.05, 3.63) is 47.0 Å². The van der Waals surface area contributed by atoms with Gasteiger partial charge in [-0.3, -0.25) is 0 Å². The zero-order valence-electron chi connectivity index (χ0n) is 14.3. The predicted molar refractivity (Wildman–Crippen MR) is 91.3 cm³/mol. The molecule has 2 aliphatic heterocycles. The molecule has 0 saturated carbocycles. The van der Waals surface area contributed by atoms with Crippen molar-refractivity contribution >= 4 is 0 Å². The fourth-order valence-corrected chi connectivity index (χ4v) is 3.58. The summed E-state index contributed by atoms with van der Waals surface area (Å²) in [5.41, 5.74) is 3.57. The lowest BCUT2D eigenvalue weighted by Gasteiger charge is -2.23. The van der Waals surface area contributed by atoms with E-state index in [4.69, 9.17) is 18.9 Å². The minimum atomic E-state index is -0.0760. The molecule has 0 radical (unpaired) electrons. The van der Waals surface area contributed by atoms with Crippen LogP contribution >= 0.6 is 0 Å². The van der Waals surface area contributed by atoms with Crippen molar-refractivity contribution < 1.29 is 18.9 Å². The second-order valence-corrected chi connectivity index (χ2v) is 6.40. The van der Waals surface area contributed by atoms with Gasteiger partial charge < -0.3 is 18.9 Å². The summed E-state index contributed by atoms with van der Waals surface area (Å²) in [5, 5.41) is 0. The van der Waals surface area contributed by atoms with E-state index in [1.807, 2.05) is 18.2 Å². The summed E-state index contributed by atoms with van der Waals surface area (Å²) in [5.74, 6) is 3.60. The van der Waals surface area contributed by atoms with Crippen molar-refractivity contribution in [1.82, 2.24) is 0 Å². The Morgan fingerprint density at radius 1 is 1.12 bits per heavy atom. The highest BCUT2D eigenvalue weighted by atomic mass is 16.7. The largest absolute Gasteiger partial charge is 0.493 e. The number of fused-ring (bicyclic) bond motifs is 3. The van der Waals surface area contributed by atoms with Gasteiger partial charge in [-0.05, 0) is 30.2 Å². The van der Waals surface area contributed by atoms with E-state index in [1.54, 1.807) is 7.11 Å². The van der Waals surface area contributed by atoms with Gasteiger partial charge in [-0.1, -0.05) is 26.3 Å². The molecule has 2 heterocycles. The molecule has 2 atom stereocenters. The van der Waals surface area contributed by atoms with Crippen LogP contribution in [0.25, 0.3) is 0 Å². The molecule has 0 fully saturated rings. The summed E-state index contributed by atoms with van der Waals surface area (Å²) in [6, 6.07) is 10.3. The minimum Gasteiger partial charge on any atom is -0.493 e. The molecule has 0 N–H and O–H groups in total. The minimum absolute atomic E-state index is 0.0760. The molecule has 2 bridgehead atoms. The molecule has 0 aromatic heterocycles. The highest BCUT2D eigenvalue weighted by Crippen LogP contribution is 2.52. The standard InChI is InChI=1S/C20H22O4/c1-4-5-13-8-16-12(2)19(24-20(16)18(9-13)21-3)15-7-6-14-10-17(15)23-11-22-14/h6-10,12,19H,4-5,11H2,1-3H3. The van der Waals surface area contributed by atoms with E-state index in [-0.39, 0.29) is 18.8 Å². The van der Waals surface area contributed by atoms with Crippen LogP contribution in [0.1, 0.15) is 49.0 Å². The first kappa shape index (κ1) is 15.2. The van der Waals surface area contributed by atoms with Gasteiger partial charge in [0.25, 0.3) is 0 Å². The molecule has 126 valence electrons. The van der Waals surface area contributed by atoms with Crippen LogP contribution in [-0.2, 0) is 6.42 Å². The number of methoxy groups -OCH3 is 1. The molecule has 4 nitrogen and oxygen atoms in total. The highest BCUT2D eigenvalue weighted by molar-refractivity contribution is 5.56. The fraction of sp³-hybridized carbons (Fsp3) is 0.400. The van der Waals surface area contributed by atoms with Crippen LogP contribution < -0.4 is 18.9 Å². The van der Waals surface area contributed by atoms with Crippen LogP contribution in [0, 0.1) is 0 Å². The Morgan fingerprint density at radius 2 is 2.00 bits per heavy atom. The van der Waals surface area contributed by atoms with E-state index in [0.29, 0.717) is 0 Å². The van der Waals surface area contributed by atoms with Gasteiger partial charge in [-0.25, -0.2) is 0 Å². The first-order chi connectivity index (χ1) is 11.7. The van der Waals surface area contributed by atoms with E-state index in [2.05, 4.69) is 26.0 Å². The molecular weight excluding hydrogens is 304 g/mol. The van der Waals surface area contributed by atoms with Crippen LogP contribution in [0.5, 0.6) is 23.0 Å². The summed E-state index contributed by atoms with van der Waals surface area (Å²) >= 11 is 0. The second kappa shape index (κ2) is 5.93. The average Bonchev–Trinajstić information content (AvgIpc) is 2.92. The Kier molecular flexibility index (Phi) is 3.75. The fourth-order valence-electron chi connectivity index (χ4n) is 3.58. The van der Waals surface area contributed by atoms with Crippen molar-refractivity contribution in [1.29, 1.82) is 0 Å². The molecule has 0 saturated heterocycles. The van der Waals surface area contributed by atoms with Gasteiger partial charge in [0.15, 0.2) is 11.5 Å². The Balaban J connectivity index is 1.74. The molecule has 0 spiro atoms. The van der Waals surface area contributed by atoms with Crippen molar-refractivity contribution in [3.63, 3.8) is 0 Å². The Bertz CT molecular complexity index is 768. The van der Waals surface area contributed by atoms with Gasteiger partial charge in [0.05, 0.1) is 7.11 Å². The van der Waals surface area contributed by atoms with E-state index in [9.17, 15) is 0 Å². The van der Waals surface area contributed by atoms with Gasteiger partial charge in [-0.2, -0.15) is 0 Å². The zero-order chi connectivity index (χ0) is 16.7. The lowest BCUT2D eigenvalue weighted by atomic mass is 9.90. The lowest BCUT2D eigenvalue weighted by molar-refractivity contribution is 0.0990. The van der Waals surface area contributed by atoms with Crippen LogP contribution in [0.4, 0.5) is 0 Å². The lowest BCUT2D eigenvalue weighted by Crippen LogP contribution is -2.15. The Labute approximate surface area is 142 Å². The topological polar surface area (TPSA) is 36.9 Å². The van der Waals surface area contributed by atoms with Gasteiger partial charge in [0.1, 0.15) is 17.6 Å². The Hall–Kier alpha value is -2.36. The summed E-state index contributed by atoms with van der Waals surface area (Å²) < 4.78 is 23.0. The van der Waals surface area contributed by atoms with Crippen LogP contribution in [0.2, 0.25) is 0 Å². The number of benzene rings is 2. The van der Waals surface area contributed by atoms with E-state index < -0.39 is 0 Å². The number of ether oxygens (including phenoxy) is 4. The number of rotatable bonds is 4. The summed E-state index contributed by atoms with van der Waals surface area (Å²) in [4.78, 5) is 0. The third-order valence-electron chi connectivity index (χ3n) is 4.82. The summed E-state index contributed by atoms with van der Waals surface area (Å²) in [7, 11) is 1.70. The maximum absolute atomic E-state index is 6.32. The summed E-state index contributed by atoms with van der Waals surface area (Å²) in [6.07, 6.45) is 2.08. The first-order valence-corrected chi connectivity index (χ1v) is 8.48. The number of hydrogen-bond acceptors (Lipinski definition) is 4. The Morgan fingerprint density at radius 3 is 2.79 bits per heavy atom. The van der Waals surface area contributed by atoms with Crippen molar-refractivity contribution in [2.45, 2.75) is 38.7 Å². The van der Waals surface area contributed by atoms with Crippen LogP contribution in [0.3, 0.4) is 0 Å². The van der Waals surface area contributed by atoms with Crippen LogP contribution in [-0.4, -0.2) is 13.9 Å². The molecule has 4 rings (SSSR count). The maximum atomic E-state index is 6.32. The normalized spacial score (nSPS) is 20.6. The SMILES string of the molecule is CCCc1cc(OC)c2c(c1)C(C)C(c1ccc3cc1OCO3)O2. The smallest absolute Gasteiger partial charge is 0.230 e. The van der Waals surface area contributed by atoms with Crippen molar-refractivity contribution in [2.24, 2.45) is 0 Å². The molecule has 2 aromatic rings. The van der Waals surface area contributed by atoms with E-state index >= 15 is 0 Å². The third kappa shape index (κ3) is 2.37. The van der Waals surface area contributed by atoms with E-state index in [0.717, 1.165) is 41.4 Å². The molecule has 24 heavy (non-hydrogen) atoms. The first-order valence-electron chi connectivity index (χ1n) is 8.48. The molecule has 2 aromatic carbocycles. The monoisotopic (exact) mass is 326 g/mol. The molecule has 0 aliphatic carbocycles. The third-order valence-corrected chi connectivity index (χ3v) is 4.82. The second-order valence-electron chi connectivity index (χ2n) is 6.40. The molecular formula is C20H22O4. The predicted octanol–water partition coefficient (Wildman–Crippen LogP) is 4.61. The van der Waals surface area contributed by atoms with Gasteiger partial charge in [0.2, 0.25) is 6.79 Å². The molecule has 2 unspecified atom stereocenters. The van der Waals surface area contributed by atoms with Crippen molar-refractivity contribution in [2.75, 3.05) is 13.9 Å². The van der Waals surface area contributed by atoms with Gasteiger partial charge >= 0.3 is 0 Å². The van der Waals surface area contributed by atoms with Crippen molar-refractivity contribution in [3.8, 4) is 23.0 Å². The molecule has 4 heteroatoms. The van der Waals surface area contributed by atoms with Gasteiger partial charge in [-0.15, -0.1) is 0 Å². The van der Waals surface area contributed by atoms with E-state index in [1.165, 1.54) is 11.1 Å². The average molecular weight is 326 g/mol. The van der Waals surface area contributed by atoms with Gasteiger partial charge in [0, 0.05) is 23.1 Å². The summed E-state index contributed by atoms with van der Waals surface area (Å²) in [6.45, 7) is 4.65.